The Morgan fingerprint density at radius 2 is 1.73 bits per heavy atom. The van der Waals surface area contributed by atoms with Crippen LogP contribution in [0, 0.1) is 12.8 Å². The van der Waals surface area contributed by atoms with Crippen molar-refractivity contribution in [2.45, 2.75) is 69.9 Å². The standard InChI is InChI=1S/C30H40N4O6S/c1-21-10-13-26(14-11-21)41(37,38)33-16-6-9-25(19-33)30(36)32-31-18-24-12-15-27(28(17-24)39-4)40-20-29(35)34-22(2)7-5-8-23(34)3/h10-15,17-18,22-23,25H,5-9,16,19-20H2,1-4H3,(H,32,36)/b31-18-/t22-,23-,25-/m0/s1. The van der Waals surface area contributed by atoms with Gasteiger partial charge in [-0.15, -0.1) is 0 Å². The average Bonchev–Trinajstić information content (AvgIpc) is 2.96. The molecule has 0 aromatic heterocycles. The summed E-state index contributed by atoms with van der Waals surface area (Å²) in [6, 6.07) is 12.3. The molecule has 2 fully saturated rings. The molecule has 4 rings (SSSR count). The third-order valence-corrected chi connectivity index (χ3v) is 9.70. The fraction of sp³-hybridized carbons (Fsp3) is 0.500. The van der Waals surface area contributed by atoms with Crippen LogP contribution in [0.3, 0.4) is 0 Å². The minimum atomic E-state index is -3.68. The van der Waals surface area contributed by atoms with Gasteiger partial charge in [-0.3, -0.25) is 9.59 Å². The van der Waals surface area contributed by atoms with E-state index in [1.165, 1.54) is 17.6 Å². The number of nitrogens with one attached hydrogen (secondary N) is 1. The molecule has 2 heterocycles. The Bertz CT molecular complexity index is 1350. The summed E-state index contributed by atoms with van der Waals surface area (Å²) in [5, 5.41) is 4.08. The highest BCUT2D eigenvalue weighted by Gasteiger charge is 2.33. The van der Waals surface area contributed by atoms with Gasteiger partial charge in [-0.05, 0) is 88.8 Å². The second kappa shape index (κ2) is 13.5. The van der Waals surface area contributed by atoms with Crippen molar-refractivity contribution in [3.8, 4) is 11.5 Å². The zero-order valence-electron chi connectivity index (χ0n) is 24.2. The van der Waals surface area contributed by atoms with Gasteiger partial charge < -0.3 is 14.4 Å². The molecule has 0 spiro atoms. The Morgan fingerprint density at radius 1 is 1.02 bits per heavy atom. The molecule has 41 heavy (non-hydrogen) atoms. The van der Waals surface area contributed by atoms with Gasteiger partial charge in [0.15, 0.2) is 18.1 Å². The second-order valence-electron chi connectivity index (χ2n) is 10.9. The van der Waals surface area contributed by atoms with E-state index in [0.717, 1.165) is 24.8 Å². The van der Waals surface area contributed by atoms with Crippen molar-refractivity contribution in [3.63, 3.8) is 0 Å². The fourth-order valence-electron chi connectivity index (χ4n) is 5.51. The maximum Gasteiger partial charge on any atom is 0.260 e. The molecule has 2 aromatic carbocycles. The first-order valence-electron chi connectivity index (χ1n) is 14.1. The van der Waals surface area contributed by atoms with Gasteiger partial charge in [-0.2, -0.15) is 9.41 Å². The van der Waals surface area contributed by atoms with Gasteiger partial charge in [0.2, 0.25) is 15.9 Å². The van der Waals surface area contributed by atoms with Crippen LogP contribution >= 0.6 is 0 Å². The molecule has 1 N–H and O–H groups in total. The van der Waals surface area contributed by atoms with E-state index in [9.17, 15) is 18.0 Å². The highest BCUT2D eigenvalue weighted by atomic mass is 32.2. The summed E-state index contributed by atoms with van der Waals surface area (Å²) in [6.45, 7) is 6.44. The van der Waals surface area contributed by atoms with Crippen LogP contribution in [-0.4, -0.2) is 74.5 Å². The highest BCUT2D eigenvalue weighted by Crippen LogP contribution is 2.29. The molecule has 0 aliphatic carbocycles. The summed E-state index contributed by atoms with van der Waals surface area (Å²) in [5.41, 5.74) is 4.18. The number of piperidine rings is 2. The molecule has 0 bridgehead atoms. The summed E-state index contributed by atoms with van der Waals surface area (Å²) in [5.74, 6) is -0.00694. The topological polar surface area (TPSA) is 118 Å². The summed E-state index contributed by atoms with van der Waals surface area (Å²) in [4.78, 5) is 27.8. The van der Waals surface area contributed by atoms with E-state index in [1.54, 1.807) is 42.5 Å². The smallest absolute Gasteiger partial charge is 0.260 e. The van der Waals surface area contributed by atoms with Gasteiger partial charge in [-0.25, -0.2) is 13.8 Å². The number of sulfonamides is 1. The lowest BCUT2D eigenvalue weighted by Crippen LogP contribution is -2.49. The number of carbonyl (C=O) groups is 2. The summed E-state index contributed by atoms with van der Waals surface area (Å²) < 4.78 is 38.8. The molecule has 0 radical (unpaired) electrons. The monoisotopic (exact) mass is 584 g/mol. The Balaban J connectivity index is 1.32. The van der Waals surface area contributed by atoms with Crippen LogP contribution in [0.1, 0.15) is 57.1 Å². The minimum Gasteiger partial charge on any atom is -0.493 e. The maximum atomic E-state index is 13.1. The minimum absolute atomic E-state index is 0.0481. The number of carbonyl (C=O) groups excluding carboxylic acids is 2. The molecule has 2 aliphatic heterocycles. The molecule has 0 saturated carbocycles. The van der Waals surface area contributed by atoms with Crippen molar-refractivity contribution in [1.29, 1.82) is 0 Å². The number of methoxy groups -OCH3 is 1. The van der Waals surface area contributed by atoms with Crippen molar-refractivity contribution >= 4 is 28.1 Å². The first-order valence-corrected chi connectivity index (χ1v) is 15.6. The number of hydrogen-bond acceptors (Lipinski definition) is 7. The third-order valence-electron chi connectivity index (χ3n) is 7.82. The molecule has 222 valence electrons. The summed E-state index contributed by atoms with van der Waals surface area (Å²) in [7, 11) is -2.16. The van der Waals surface area contributed by atoms with E-state index in [1.807, 2.05) is 11.8 Å². The van der Waals surface area contributed by atoms with Gasteiger partial charge in [0.05, 0.1) is 24.1 Å². The fourth-order valence-corrected chi connectivity index (χ4v) is 7.03. The first-order chi connectivity index (χ1) is 19.6. The van der Waals surface area contributed by atoms with E-state index in [2.05, 4.69) is 24.4 Å². The van der Waals surface area contributed by atoms with Gasteiger partial charge >= 0.3 is 0 Å². The van der Waals surface area contributed by atoms with Crippen molar-refractivity contribution in [2.75, 3.05) is 26.8 Å². The molecule has 2 aromatic rings. The van der Waals surface area contributed by atoms with Gasteiger partial charge in [-0.1, -0.05) is 17.7 Å². The molecule has 0 unspecified atom stereocenters. The lowest BCUT2D eigenvalue weighted by molar-refractivity contribution is -0.139. The number of aryl methyl sites for hydroxylation is 1. The Kier molecular flexibility index (Phi) is 10.0. The Morgan fingerprint density at radius 3 is 2.41 bits per heavy atom. The van der Waals surface area contributed by atoms with Crippen molar-refractivity contribution in [2.24, 2.45) is 11.0 Å². The van der Waals surface area contributed by atoms with Crippen molar-refractivity contribution in [3.05, 3.63) is 53.6 Å². The van der Waals surface area contributed by atoms with Crippen LogP contribution in [0.2, 0.25) is 0 Å². The zero-order valence-corrected chi connectivity index (χ0v) is 25.0. The zero-order chi connectivity index (χ0) is 29.6. The predicted molar refractivity (Wildman–Crippen MR) is 157 cm³/mol. The number of benzene rings is 2. The van der Waals surface area contributed by atoms with E-state index in [4.69, 9.17) is 9.47 Å². The molecule has 2 amide bonds. The number of rotatable bonds is 9. The SMILES string of the molecule is COc1cc(/C=N\NC(=O)[C@H]2CCCN(S(=O)(=O)c3ccc(C)cc3)C2)ccc1OCC(=O)N1[C@@H](C)CCC[C@@H]1C. The van der Waals surface area contributed by atoms with Gasteiger partial charge in [0.1, 0.15) is 0 Å². The van der Waals surface area contributed by atoms with E-state index < -0.39 is 15.9 Å². The predicted octanol–water partition coefficient (Wildman–Crippen LogP) is 3.72. The quantitative estimate of drug-likeness (QED) is 0.355. The van der Waals surface area contributed by atoms with E-state index in [0.29, 0.717) is 36.4 Å². The second-order valence-corrected chi connectivity index (χ2v) is 12.8. The summed E-state index contributed by atoms with van der Waals surface area (Å²) in [6.07, 6.45) is 5.76. The Hall–Kier alpha value is -3.44. The maximum absolute atomic E-state index is 13.1. The first kappa shape index (κ1) is 30.5. The molecule has 10 nitrogen and oxygen atoms in total. The lowest BCUT2D eigenvalue weighted by Gasteiger charge is -2.39. The van der Waals surface area contributed by atoms with E-state index >= 15 is 0 Å². The van der Waals surface area contributed by atoms with Crippen molar-refractivity contribution < 1.29 is 27.5 Å². The van der Waals surface area contributed by atoms with Crippen LogP contribution in [0.5, 0.6) is 11.5 Å². The Labute approximate surface area is 242 Å². The molecule has 2 saturated heterocycles. The van der Waals surface area contributed by atoms with Gasteiger partial charge in [0, 0.05) is 25.2 Å². The largest absolute Gasteiger partial charge is 0.493 e. The normalized spacial score (nSPS) is 22.0. The molecular weight excluding hydrogens is 544 g/mol. The van der Waals surface area contributed by atoms with Crippen LogP contribution in [0.4, 0.5) is 0 Å². The lowest BCUT2D eigenvalue weighted by atomic mass is 9.97. The van der Waals surface area contributed by atoms with Crippen LogP contribution in [-0.2, 0) is 19.6 Å². The van der Waals surface area contributed by atoms with E-state index in [-0.39, 0.29) is 41.9 Å². The highest BCUT2D eigenvalue weighted by molar-refractivity contribution is 7.89. The number of hydrazone groups is 1. The molecule has 2 aliphatic rings. The van der Waals surface area contributed by atoms with Gasteiger partial charge in [0.25, 0.3) is 5.91 Å². The number of hydrogen-bond donors (Lipinski definition) is 1. The van der Waals surface area contributed by atoms with Crippen LogP contribution < -0.4 is 14.9 Å². The third kappa shape index (κ3) is 7.45. The number of amides is 2. The number of ether oxygens (including phenoxy) is 2. The molecule has 3 atom stereocenters. The average molecular weight is 585 g/mol. The van der Waals surface area contributed by atoms with Crippen molar-refractivity contribution in [1.82, 2.24) is 14.6 Å². The van der Waals surface area contributed by atoms with Crippen LogP contribution in [0.15, 0.2) is 52.5 Å². The van der Waals surface area contributed by atoms with Crippen LogP contribution in [0.25, 0.3) is 0 Å². The molecule has 11 heteroatoms. The number of nitrogens with zero attached hydrogens (tertiary/aromatic N) is 3. The molecular formula is C30H40N4O6S. The summed E-state index contributed by atoms with van der Waals surface area (Å²) >= 11 is 0. The number of likely N-dealkylation sites (tertiary alicyclic amines) is 1.